The van der Waals surface area contributed by atoms with Gasteiger partial charge in [-0.2, -0.15) is 0 Å². The monoisotopic (exact) mass is 607 g/mol. The molecule has 0 heterocycles. The molecule has 1 atom stereocenters. The Morgan fingerprint density at radius 2 is 1.50 bits per heavy atom. The number of nitrogens with zero attached hydrogens (tertiary/aromatic N) is 2. The lowest BCUT2D eigenvalue weighted by Crippen LogP contribution is -2.53. The zero-order valence-electron chi connectivity index (χ0n) is 23.2. The number of aryl methyl sites for hydroxylation is 1. The van der Waals surface area contributed by atoms with Crippen molar-refractivity contribution in [2.24, 2.45) is 0 Å². The Labute approximate surface area is 250 Å². The Morgan fingerprint density at radius 1 is 0.881 bits per heavy atom. The third-order valence-corrected chi connectivity index (χ3v) is 8.86. The van der Waals surface area contributed by atoms with Gasteiger partial charge in [-0.3, -0.25) is 13.9 Å². The molecule has 0 saturated heterocycles. The molecule has 218 valence electrons. The molecular weight excluding hydrogens is 577 g/mol. The Balaban J connectivity index is 1.79. The average molecular weight is 608 g/mol. The lowest BCUT2D eigenvalue weighted by Gasteiger charge is -2.33. The van der Waals surface area contributed by atoms with Crippen molar-refractivity contribution >= 4 is 39.1 Å². The Bertz CT molecular complexity index is 1630. The molecule has 0 radical (unpaired) electrons. The maximum absolute atomic E-state index is 14.8. The fourth-order valence-electron chi connectivity index (χ4n) is 4.50. The minimum atomic E-state index is -4.24. The highest BCUT2D eigenvalue weighted by Gasteiger charge is 2.34. The fraction of sp³-hybridized carbons (Fsp3) is 0.188. The molecule has 1 unspecified atom stereocenters. The molecule has 0 spiro atoms. The predicted molar refractivity (Wildman–Crippen MR) is 162 cm³/mol. The van der Waals surface area contributed by atoms with Crippen LogP contribution in [0.4, 0.5) is 10.1 Å². The minimum absolute atomic E-state index is 0.0105. The number of hydrogen-bond donors (Lipinski definition) is 1. The van der Waals surface area contributed by atoms with Gasteiger partial charge in [-0.15, -0.1) is 0 Å². The molecule has 4 aromatic carbocycles. The average Bonchev–Trinajstić information content (AvgIpc) is 2.99. The number of benzene rings is 4. The summed E-state index contributed by atoms with van der Waals surface area (Å²) >= 11 is 6.07. The van der Waals surface area contributed by atoms with E-state index in [9.17, 15) is 22.4 Å². The molecule has 7 nitrogen and oxygen atoms in total. The van der Waals surface area contributed by atoms with E-state index in [1.54, 1.807) is 18.2 Å². The highest BCUT2D eigenvalue weighted by Crippen LogP contribution is 2.27. The van der Waals surface area contributed by atoms with Gasteiger partial charge in [0.25, 0.3) is 10.0 Å². The van der Waals surface area contributed by atoms with Gasteiger partial charge in [-0.25, -0.2) is 12.8 Å². The maximum atomic E-state index is 14.8. The predicted octanol–water partition coefficient (Wildman–Crippen LogP) is 5.37. The van der Waals surface area contributed by atoms with Crippen LogP contribution in [0.25, 0.3) is 0 Å². The van der Waals surface area contributed by atoms with Gasteiger partial charge in [0.15, 0.2) is 0 Å². The molecule has 4 rings (SSSR count). The van der Waals surface area contributed by atoms with E-state index in [1.807, 2.05) is 37.3 Å². The first kappa shape index (κ1) is 30.7. The summed E-state index contributed by atoms with van der Waals surface area (Å²) in [6.45, 7) is 0.938. The van der Waals surface area contributed by atoms with Gasteiger partial charge in [0.05, 0.1) is 10.6 Å². The lowest BCUT2D eigenvalue weighted by molar-refractivity contribution is -0.139. The van der Waals surface area contributed by atoms with Crippen LogP contribution in [0.3, 0.4) is 0 Å². The highest BCUT2D eigenvalue weighted by atomic mass is 35.5. The van der Waals surface area contributed by atoms with Crippen LogP contribution < -0.4 is 9.62 Å². The number of amides is 2. The highest BCUT2D eigenvalue weighted by molar-refractivity contribution is 7.92. The summed E-state index contributed by atoms with van der Waals surface area (Å²) in [7, 11) is -2.78. The number of anilines is 1. The third-order valence-electron chi connectivity index (χ3n) is 6.82. The standard InChI is InChI=1S/C32H31ClFN3O4S/c1-23-12-18-28(19-13-23)42(40,41)37(27-16-14-26(33)15-17-27)22-31(38)36(21-25-10-6-7-11-29(25)34)30(32(39)35-2)20-24-8-4-3-5-9-24/h3-19,30H,20-22H2,1-2H3,(H,35,39). The number of carbonyl (C=O) groups is 2. The minimum Gasteiger partial charge on any atom is -0.357 e. The topological polar surface area (TPSA) is 86.8 Å². The number of sulfonamides is 1. The van der Waals surface area contributed by atoms with Gasteiger partial charge in [0.2, 0.25) is 11.8 Å². The molecule has 0 aromatic heterocycles. The molecule has 4 aromatic rings. The van der Waals surface area contributed by atoms with Crippen molar-refractivity contribution in [3.05, 3.63) is 131 Å². The van der Waals surface area contributed by atoms with E-state index in [4.69, 9.17) is 11.6 Å². The smallest absolute Gasteiger partial charge is 0.264 e. The largest absolute Gasteiger partial charge is 0.357 e. The van der Waals surface area contributed by atoms with E-state index >= 15 is 0 Å². The zero-order chi connectivity index (χ0) is 30.3. The summed E-state index contributed by atoms with van der Waals surface area (Å²) in [5.41, 5.74) is 2.04. The number of likely N-dealkylation sites (N-methyl/N-ethyl adjacent to an activating group) is 1. The summed E-state index contributed by atoms with van der Waals surface area (Å²) < 4.78 is 43.7. The SMILES string of the molecule is CNC(=O)C(Cc1ccccc1)N(Cc1ccccc1F)C(=O)CN(c1ccc(Cl)cc1)S(=O)(=O)c1ccc(C)cc1. The van der Waals surface area contributed by atoms with Crippen molar-refractivity contribution in [2.45, 2.75) is 30.8 Å². The Hall–Kier alpha value is -4.21. The number of hydrogen-bond acceptors (Lipinski definition) is 4. The van der Waals surface area contributed by atoms with Crippen LogP contribution in [-0.2, 0) is 32.6 Å². The molecule has 0 aliphatic heterocycles. The summed E-state index contributed by atoms with van der Waals surface area (Å²) in [4.78, 5) is 28.6. The van der Waals surface area contributed by atoms with Gasteiger partial charge >= 0.3 is 0 Å². The van der Waals surface area contributed by atoms with Gasteiger partial charge in [0, 0.05) is 30.6 Å². The van der Waals surface area contributed by atoms with Gasteiger partial charge in [-0.1, -0.05) is 77.8 Å². The van der Waals surface area contributed by atoms with Crippen LogP contribution in [0, 0.1) is 12.7 Å². The number of halogens is 2. The molecule has 10 heteroatoms. The number of rotatable bonds is 11. The summed E-state index contributed by atoms with van der Waals surface area (Å²) in [6.07, 6.45) is 0.131. The van der Waals surface area contributed by atoms with Crippen LogP contribution in [0.2, 0.25) is 5.02 Å². The molecule has 0 aliphatic carbocycles. The summed E-state index contributed by atoms with van der Waals surface area (Å²) in [5.74, 6) is -1.70. The summed E-state index contributed by atoms with van der Waals surface area (Å²) in [6, 6.07) is 26.3. The molecule has 42 heavy (non-hydrogen) atoms. The van der Waals surface area contributed by atoms with Gasteiger partial charge < -0.3 is 10.2 Å². The van der Waals surface area contributed by atoms with Gasteiger partial charge in [0.1, 0.15) is 18.4 Å². The third kappa shape index (κ3) is 7.35. The van der Waals surface area contributed by atoms with Crippen LogP contribution in [-0.4, -0.2) is 44.8 Å². The molecule has 0 saturated carbocycles. The first-order chi connectivity index (χ1) is 20.1. The second-order valence-corrected chi connectivity index (χ2v) is 12.0. The first-order valence-corrected chi connectivity index (χ1v) is 15.1. The van der Waals surface area contributed by atoms with Crippen LogP contribution in [0.5, 0.6) is 0 Å². The molecule has 2 amide bonds. The molecule has 0 bridgehead atoms. The van der Waals surface area contributed by atoms with E-state index in [1.165, 1.54) is 66.5 Å². The van der Waals surface area contributed by atoms with Crippen molar-refractivity contribution < 1.29 is 22.4 Å². The maximum Gasteiger partial charge on any atom is 0.264 e. The van der Waals surface area contributed by atoms with Crippen molar-refractivity contribution in [1.29, 1.82) is 0 Å². The Kier molecular flexibility index (Phi) is 9.98. The number of nitrogens with one attached hydrogen (secondary N) is 1. The van der Waals surface area contributed by atoms with E-state index in [0.29, 0.717) is 5.02 Å². The van der Waals surface area contributed by atoms with Crippen LogP contribution in [0.1, 0.15) is 16.7 Å². The van der Waals surface area contributed by atoms with E-state index in [2.05, 4.69) is 5.32 Å². The Morgan fingerprint density at radius 3 is 2.12 bits per heavy atom. The fourth-order valence-corrected chi connectivity index (χ4v) is 6.04. The van der Waals surface area contributed by atoms with E-state index < -0.39 is 40.2 Å². The first-order valence-electron chi connectivity index (χ1n) is 13.2. The van der Waals surface area contributed by atoms with Gasteiger partial charge in [-0.05, 0) is 55.0 Å². The normalized spacial score (nSPS) is 11.9. The van der Waals surface area contributed by atoms with E-state index in [0.717, 1.165) is 15.4 Å². The van der Waals surface area contributed by atoms with Crippen molar-refractivity contribution in [1.82, 2.24) is 10.2 Å². The number of carbonyl (C=O) groups excluding carboxylic acids is 2. The molecule has 1 N–H and O–H groups in total. The zero-order valence-corrected chi connectivity index (χ0v) is 24.8. The van der Waals surface area contributed by atoms with Crippen LogP contribution >= 0.6 is 11.6 Å². The van der Waals surface area contributed by atoms with E-state index in [-0.39, 0.29) is 29.1 Å². The molecular formula is C32H31ClFN3O4S. The van der Waals surface area contributed by atoms with Crippen molar-refractivity contribution in [3.8, 4) is 0 Å². The van der Waals surface area contributed by atoms with Crippen LogP contribution in [0.15, 0.2) is 108 Å². The van der Waals surface area contributed by atoms with Crippen molar-refractivity contribution in [3.63, 3.8) is 0 Å². The van der Waals surface area contributed by atoms with Crippen molar-refractivity contribution in [2.75, 3.05) is 17.9 Å². The molecule has 0 aliphatic rings. The quantitative estimate of drug-likeness (QED) is 0.248. The molecule has 0 fully saturated rings. The summed E-state index contributed by atoms with van der Waals surface area (Å²) in [5, 5.41) is 2.99. The second kappa shape index (κ2) is 13.6. The lowest BCUT2D eigenvalue weighted by atomic mass is 10.0. The second-order valence-electron chi connectivity index (χ2n) is 9.73.